The summed E-state index contributed by atoms with van der Waals surface area (Å²) in [7, 11) is 0. The summed E-state index contributed by atoms with van der Waals surface area (Å²) in [5.74, 6) is 0.689. The maximum Gasteiger partial charge on any atom is 0.267 e. The second-order valence-electron chi connectivity index (χ2n) is 4.02. The molecule has 0 atom stereocenters. The van der Waals surface area contributed by atoms with Gasteiger partial charge in [0, 0.05) is 19.3 Å². The minimum atomic E-state index is -0.0755. The van der Waals surface area contributed by atoms with Gasteiger partial charge in [0.2, 0.25) is 0 Å². The fourth-order valence-corrected chi connectivity index (χ4v) is 2.24. The van der Waals surface area contributed by atoms with Crippen LogP contribution in [-0.4, -0.2) is 16.1 Å². The Bertz CT molecular complexity index is 642. The molecule has 1 aromatic carbocycles. The van der Waals surface area contributed by atoms with Crippen LogP contribution in [0.3, 0.4) is 0 Å². The topological polar surface area (TPSA) is 46.9 Å². The van der Waals surface area contributed by atoms with Crippen LogP contribution in [0, 0.1) is 6.92 Å². The van der Waals surface area contributed by atoms with Gasteiger partial charge in [0.15, 0.2) is 0 Å². The number of anilines is 1. The second kappa shape index (κ2) is 6.21. The first-order valence-electron chi connectivity index (χ1n) is 5.80. The van der Waals surface area contributed by atoms with Crippen molar-refractivity contribution in [2.75, 3.05) is 11.9 Å². The van der Waals surface area contributed by atoms with Gasteiger partial charge in [-0.05, 0) is 35.0 Å². The molecule has 0 saturated heterocycles. The van der Waals surface area contributed by atoms with Crippen LogP contribution in [0.4, 0.5) is 5.69 Å². The zero-order chi connectivity index (χ0) is 13.8. The van der Waals surface area contributed by atoms with E-state index in [1.165, 1.54) is 6.20 Å². The van der Waals surface area contributed by atoms with Gasteiger partial charge < -0.3 is 5.32 Å². The van der Waals surface area contributed by atoms with Crippen molar-refractivity contribution in [3.63, 3.8) is 0 Å². The van der Waals surface area contributed by atoms with Crippen LogP contribution in [-0.2, 0) is 6.54 Å². The molecule has 0 aliphatic rings. The van der Waals surface area contributed by atoms with Crippen molar-refractivity contribution in [3.05, 3.63) is 56.1 Å². The molecule has 0 amide bonds. The molecular formula is C13H13BrClN3O. The quantitative estimate of drug-likeness (QED) is 0.929. The van der Waals surface area contributed by atoms with E-state index in [1.54, 1.807) is 4.57 Å². The number of aryl methyl sites for hydroxylation is 1. The highest BCUT2D eigenvalue weighted by molar-refractivity contribution is 9.10. The van der Waals surface area contributed by atoms with Gasteiger partial charge >= 0.3 is 0 Å². The monoisotopic (exact) mass is 341 g/mol. The largest absolute Gasteiger partial charge is 0.382 e. The number of hydrogen-bond donors (Lipinski definition) is 1. The molecule has 0 radical (unpaired) electrons. The van der Waals surface area contributed by atoms with Crippen LogP contribution in [0.2, 0.25) is 5.02 Å². The van der Waals surface area contributed by atoms with Gasteiger partial charge in [0.1, 0.15) is 10.3 Å². The Hall–Kier alpha value is -1.33. The van der Waals surface area contributed by atoms with Crippen molar-refractivity contribution in [2.24, 2.45) is 0 Å². The van der Waals surface area contributed by atoms with Crippen LogP contribution >= 0.6 is 27.5 Å². The minimum Gasteiger partial charge on any atom is -0.382 e. The van der Waals surface area contributed by atoms with E-state index < -0.39 is 0 Å². The summed E-state index contributed by atoms with van der Waals surface area (Å²) in [6, 6.07) is 7.51. The maximum atomic E-state index is 11.9. The van der Waals surface area contributed by atoms with E-state index in [2.05, 4.69) is 26.2 Å². The average Bonchev–Trinajstić information content (AvgIpc) is 2.40. The molecule has 0 aliphatic carbocycles. The molecule has 1 aromatic heterocycles. The third-order valence-electron chi connectivity index (χ3n) is 2.73. The highest BCUT2D eigenvalue weighted by Gasteiger charge is 2.05. The normalized spacial score (nSPS) is 10.5. The van der Waals surface area contributed by atoms with E-state index in [1.807, 2.05) is 31.2 Å². The summed E-state index contributed by atoms with van der Waals surface area (Å²) in [5, 5.41) is 3.87. The third kappa shape index (κ3) is 3.36. The number of nitrogens with zero attached hydrogens (tertiary/aromatic N) is 2. The fourth-order valence-electron chi connectivity index (χ4n) is 1.72. The lowest BCUT2D eigenvalue weighted by molar-refractivity contribution is 0.649. The third-order valence-corrected chi connectivity index (χ3v) is 3.60. The van der Waals surface area contributed by atoms with E-state index in [9.17, 15) is 4.79 Å². The average molecular weight is 343 g/mol. The van der Waals surface area contributed by atoms with E-state index in [0.29, 0.717) is 28.4 Å². The zero-order valence-electron chi connectivity index (χ0n) is 10.4. The van der Waals surface area contributed by atoms with E-state index in [0.717, 1.165) is 5.69 Å². The highest BCUT2D eigenvalue weighted by atomic mass is 79.9. The molecule has 0 aliphatic heterocycles. The van der Waals surface area contributed by atoms with Crippen LogP contribution in [0.1, 0.15) is 5.82 Å². The van der Waals surface area contributed by atoms with E-state index >= 15 is 0 Å². The van der Waals surface area contributed by atoms with Crippen LogP contribution in [0.25, 0.3) is 0 Å². The van der Waals surface area contributed by atoms with Crippen molar-refractivity contribution in [1.29, 1.82) is 0 Å². The first kappa shape index (κ1) is 14.1. The Kier molecular flexibility index (Phi) is 4.61. The number of halogens is 2. The molecule has 0 spiro atoms. The van der Waals surface area contributed by atoms with Crippen molar-refractivity contribution < 1.29 is 0 Å². The summed E-state index contributed by atoms with van der Waals surface area (Å²) < 4.78 is 2.09. The summed E-state index contributed by atoms with van der Waals surface area (Å²) in [5.41, 5.74) is 0.784. The summed E-state index contributed by atoms with van der Waals surface area (Å²) in [4.78, 5) is 16.1. The van der Waals surface area contributed by atoms with Gasteiger partial charge in [-0.3, -0.25) is 9.36 Å². The number of aromatic nitrogens is 2. The first-order chi connectivity index (χ1) is 9.09. The lowest BCUT2D eigenvalue weighted by Gasteiger charge is -2.11. The SMILES string of the molecule is Cc1ncc(Br)c(=O)n1CCNc1ccccc1Cl. The molecule has 1 N–H and O–H groups in total. The first-order valence-corrected chi connectivity index (χ1v) is 6.97. The standard InChI is InChI=1S/C13H13BrClN3O/c1-9-17-8-10(14)13(19)18(9)7-6-16-12-5-3-2-4-11(12)15/h2-5,8,16H,6-7H2,1H3. The Balaban J connectivity index is 2.07. The number of benzene rings is 1. The molecule has 100 valence electrons. The van der Waals surface area contributed by atoms with Crippen molar-refractivity contribution >= 4 is 33.2 Å². The summed E-state index contributed by atoms with van der Waals surface area (Å²) in [6.45, 7) is 2.94. The molecule has 0 saturated carbocycles. The van der Waals surface area contributed by atoms with Crippen LogP contribution < -0.4 is 10.9 Å². The second-order valence-corrected chi connectivity index (χ2v) is 5.28. The number of hydrogen-bond acceptors (Lipinski definition) is 3. The molecule has 1 heterocycles. The molecule has 2 rings (SSSR count). The number of rotatable bonds is 4. The van der Waals surface area contributed by atoms with Crippen LogP contribution in [0.5, 0.6) is 0 Å². The fraction of sp³-hybridized carbons (Fsp3) is 0.231. The lowest BCUT2D eigenvalue weighted by Crippen LogP contribution is -2.27. The van der Waals surface area contributed by atoms with Crippen molar-refractivity contribution in [2.45, 2.75) is 13.5 Å². The van der Waals surface area contributed by atoms with Crippen molar-refractivity contribution in [3.8, 4) is 0 Å². The minimum absolute atomic E-state index is 0.0755. The number of para-hydroxylation sites is 1. The van der Waals surface area contributed by atoms with Gasteiger partial charge in [-0.1, -0.05) is 23.7 Å². The van der Waals surface area contributed by atoms with Gasteiger partial charge in [0.05, 0.1) is 10.7 Å². The van der Waals surface area contributed by atoms with E-state index in [4.69, 9.17) is 11.6 Å². The predicted molar refractivity (Wildman–Crippen MR) is 80.9 cm³/mol. The molecule has 4 nitrogen and oxygen atoms in total. The van der Waals surface area contributed by atoms with E-state index in [-0.39, 0.29) is 5.56 Å². The maximum absolute atomic E-state index is 11.9. The Morgan fingerprint density at radius 2 is 2.16 bits per heavy atom. The molecule has 0 bridgehead atoms. The van der Waals surface area contributed by atoms with Gasteiger partial charge in [0.25, 0.3) is 5.56 Å². The molecule has 19 heavy (non-hydrogen) atoms. The Morgan fingerprint density at radius 1 is 1.42 bits per heavy atom. The molecule has 6 heteroatoms. The van der Waals surface area contributed by atoms with Crippen LogP contribution in [0.15, 0.2) is 39.7 Å². The molecular weight excluding hydrogens is 330 g/mol. The van der Waals surface area contributed by atoms with Gasteiger partial charge in [-0.2, -0.15) is 0 Å². The van der Waals surface area contributed by atoms with Gasteiger partial charge in [-0.25, -0.2) is 4.98 Å². The van der Waals surface area contributed by atoms with Crippen molar-refractivity contribution in [1.82, 2.24) is 9.55 Å². The lowest BCUT2D eigenvalue weighted by atomic mass is 10.3. The molecule has 2 aromatic rings. The smallest absolute Gasteiger partial charge is 0.267 e. The predicted octanol–water partition coefficient (Wildman–Crippen LogP) is 3.08. The molecule has 0 unspecified atom stereocenters. The Morgan fingerprint density at radius 3 is 2.89 bits per heavy atom. The summed E-state index contributed by atoms with van der Waals surface area (Å²) in [6.07, 6.45) is 1.52. The highest BCUT2D eigenvalue weighted by Crippen LogP contribution is 2.19. The zero-order valence-corrected chi connectivity index (χ0v) is 12.7. The molecule has 0 fully saturated rings. The van der Waals surface area contributed by atoms with Gasteiger partial charge in [-0.15, -0.1) is 0 Å². The number of nitrogens with one attached hydrogen (secondary N) is 1. The Labute approximate surface area is 124 Å². The summed E-state index contributed by atoms with van der Waals surface area (Å²) >= 11 is 9.23.